The summed E-state index contributed by atoms with van der Waals surface area (Å²) in [5.74, 6) is 0. The molecule has 9 rings (SSSR count). The van der Waals surface area contributed by atoms with Crippen molar-refractivity contribution in [2.75, 3.05) is 0 Å². The van der Waals surface area contributed by atoms with Crippen LogP contribution in [0, 0.1) is 0 Å². The van der Waals surface area contributed by atoms with Crippen LogP contribution in [0.5, 0.6) is 0 Å². The average Bonchev–Trinajstić information content (AvgIpc) is 4.31. The Morgan fingerprint density at radius 1 is 0.297 bits per heavy atom. The van der Waals surface area contributed by atoms with Crippen molar-refractivity contribution in [2.24, 2.45) is 0 Å². The van der Waals surface area contributed by atoms with Crippen LogP contribution in [0.2, 0.25) is 26.6 Å². The summed E-state index contributed by atoms with van der Waals surface area (Å²) in [6.45, 7) is 14.2. The number of H-pyrrole nitrogens is 2. The van der Waals surface area contributed by atoms with Crippen molar-refractivity contribution < 1.29 is 0 Å². The van der Waals surface area contributed by atoms with Crippen molar-refractivity contribution >= 4 is 90.3 Å². The summed E-state index contributed by atoms with van der Waals surface area (Å²) in [7, 11) is 0. The number of fused-ring (bicyclic) bond motifs is 8. The predicted molar refractivity (Wildman–Crippen MR) is 330 cm³/mol. The molecule has 0 unspecified atom stereocenters. The van der Waals surface area contributed by atoms with Crippen LogP contribution < -0.4 is 7.16 Å². The van der Waals surface area contributed by atoms with Crippen molar-refractivity contribution in [1.29, 1.82) is 0 Å². The molecule has 0 amide bonds. The van der Waals surface area contributed by atoms with E-state index in [0.29, 0.717) is 0 Å². The first-order valence-corrected chi connectivity index (χ1v) is 43.8. The Balaban J connectivity index is 1.31. The van der Waals surface area contributed by atoms with E-state index in [1.807, 2.05) is 0 Å². The number of nitrogens with zero attached hydrogens (tertiary/aromatic N) is 2. The van der Waals surface area contributed by atoms with Crippen molar-refractivity contribution in [2.45, 2.75) is 145 Å². The van der Waals surface area contributed by atoms with E-state index in [1.165, 1.54) is 115 Å². The number of hydrogen-bond donors (Lipinski definition) is 2. The zero-order valence-corrected chi connectivity index (χ0v) is 51.3. The molecule has 0 fully saturated rings. The van der Waals surface area contributed by atoms with Crippen LogP contribution >= 0.6 is 0 Å². The number of rotatable bonds is 24. The normalized spacial score (nSPS) is 12.5. The summed E-state index contributed by atoms with van der Waals surface area (Å²) >= 11 is -5.37. The van der Waals surface area contributed by atoms with E-state index >= 15 is 0 Å². The standard InChI is InChI=1S/C44H28N4.6C4H9.2Sn/c1-5-13-29(14-6-1)41-33-21-23-35(45-33)42(30-15-7-2-8-16-30)37-25-27-39(47-37)44(32-19-11-4-12-20-32)40-28-26-38(48-40)43(31-17-9-3-10-18-31)36-24-22-34(41)46-36;6*1-3-4-2;;/h1,4-28,45,48H;6*1,3-4H2,2H3;;. The van der Waals surface area contributed by atoms with Gasteiger partial charge in [-0.1, -0.05) is 12.1 Å². The number of benzene rings is 4. The minimum atomic E-state index is -2.69. The van der Waals surface area contributed by atoms with E-state index in [0.717, 1.165) is 78.2 Å². The Morgan fingerprint density at radius 2 is 0.541 bits per heavy atom. The van der Waals surface area contributed by atoms with Crippen molar-refractivity contribution in [3.05, 3.63) is 156 Å². The van der Waals surface area contributed by atoms with Gasteiger partial charge in [0.25, 0.3) is 0 Å². The van der Waals surface area contributed by atoms with Crippen molar-refractivity contribution in [3.63, 3.8) is 0 Å². The van der Waals surface area contributed by atoms with Crippen LogP contribution in [0.15, 0.2) is 133 Å². The number of nitrogens with one attached hydrogen (secondary N) is 2. The summed E-state index contributed by atoms with van der Waals surface area (Å²) in [5, 5.41) is 0. The van der Waals surface area contributed by atoms with Crippen molar-refractivity contribution in [1.82, 2.24) is 19.9 Å². The second-order valence-corrected chi connectivity index (χ2v) is 48.0. The fourth-order valence-electron chi connectivity index (χ4n) is 12.3. The van der Waals surface area contributed by atoms with Crippen LogP contribution in [0.4, 0.5) is 0 Å². The molecule has 8 bridgehead atoms. The molecule has 3 aromatic heterocycles. The Hall–Kier alpha value is -4.92. The molecule has 2 aliphatic rings. The van der Waals surface area contributed by atoms with Gasteiger partial charge in [0, 0.05) is 0 Å². The van der Waals surface area contributed by atoms with Gasteiger partial charge in [0.2, 0.25) is 0 Å². The van der Waals surface area contributed by atoms with Crippen LogP contribution in [-0.2, 0) is 0 Å². The zero-order chi connectivity index (χ0) is 51.3. The Labute approximate surface area is 452 Å². The zero-order valence-electron chi connectivity index (χ0n) is 45.6. The Kier molecular flexibility index (Phi) is 18.7. The van der Waals surface area contributed by atoms with Crippen LogP contribution in [0.3, 0.4) is 0 Å². The molecule has 0 radical (unpaired) electrons. The van der Waals surface area contributed by atoms with Crippen LogP contribution in [0.25, 0.3) is 90.9 Å². The minimum absolute atomic E-state index is 0.952. The van der Waals surface area contributed by atoms with Crippen LogP contribution in [0.1, 0.15) is 141 Å². The van der Waals surface area contributed by atoms with E-state index in [-0.39, 0.29) is 0 Å². The molecule has 382 valence electrons. The maximum absolute atomic E-state index is 5.66. The fourth-order valence-corrected chi connectivity index (χ4v) is 44.2. The summed E-state index contributed by atoms with van der Waals surface area (Å²) < 4.78 is 12.1. The first-order valence-electron chi connectivity index (χ1n) is 28.9. The van der Waals surface area contributed by atoms with Gasteiger partial charge in [-0.25, -0.2) is 0 Å². The first-order chi connectivity index (χ1) is 36.4. The predicted octanol–water partition coefficient (Wildman–Crippen LogP) is 19.4. The third kappa shape index (κ3) is 11.9. The summed E-state index contributed by atoms with van der Waals surface area (Å²) in [6, 6.07) is 50.7. The Bertz CT molecular complexity index is 2920. The Morgan fingerprint density at radius 3 is 0.784 bits per heavy atom. The second-order valence-electron chi connectivity index (χ2n) is 21.6. The molecule has 4 aromatic carbocycles. The summed E-state index contributed by atoms with van der Waals surface area (Å²) in [4.78, 5) is 19.3. The van der Waals surface area contributed by atoms with E-state index in [4.69, 9.17) is 9.97 Å². The molecule has 74 heavy (non-hydrogen) atoms. The molecular weight excluding hydrogens is 1110 g/mol. The van der Waals surface area contributed by atoms with E-state index < -0.39 is 36.8 Å². The molecule has 5 heterocycles. The van der Waals surface area contributed by atoms with Gasteiger partial charge < -0.3 is 0 Å². The number of aromatic nitrogens is 4. The van der Waals surface area contributed by atoms with Gasteiger partial charge in [0.1, 0.15) is 0 Å². The molecule has 0 saturated carbocycles. The number of unbranched alkanes of at least 4 members (excludes halogenated alkanes) is 6. The fraction of sp³-hybridized carbons (Fsp3) is 0.353. The monoisotopic (exact) mass is 1190 g/mol. The van der Waals surface area contributed by atoms with Gasteiger partial charge in [-0.2, -0.15) is 0 Å². The third-order valence-electron chi connectivity index (χ3n) is 16.5. The molecule has 0 saturated heterocycles. The molecule has 2 aliphatic heterocycles. The van der Waals surface area contributed by atoms with Gasteiger partial charge in [-0.15, -0.1) is 0 Å². The molecule has 0 atom stereocenters. The van der Waals surface area contributed by atoms with Gasteiger partial charge in [0.05, 0.1) is 0 Å². The molecule has 0 aliphatic carbocycles. The van der Waals surface area contributed by atoms with Gasteiger partial charge in [-0.05, 0) is 0 Å². The van der Waals surface area contributed by atoms with Crippen LogP contribution in [-0.4, -0.2) is 56.7 Å². The van der Waals surface area contributed by atoms with Gasteiger partial charge in [-0.3, -0.25) is 0 Å². The third-order valence-corrected chi connectivity index (χ3v) is 47.8. The summed E-state index contributed by atoms with van der Waals surface area (Å²) in [6.07, 6.45) is 24.7. The van der Waals surface area contributed by atoms with Gasteiger partial charge >= 0.3 is 444 Å². The maximum atomic E-state index is 5.66. The first kappa shape index (κ1) is 53.9. The van der Waals surface area contributed by atoms with E-state index in [1.54, 1.807) is 7.16 Å². The van der Waals surface area contributed by atoms with Gasteiger partial charge in [0.15, 0.2) is 0 Å². The molecule has 2 N–H and O–H groups in total. The molecule has 4 nitrogen and oxygen atoms in total. The van der Waals surface area contributed by atoms with E-state index in [2.05, 4.69) is 209 Å². The molecule has 6 heteroatoms. The van der Waals surface area contributed by atoms with Crippen molar-refractivity contribution in [3.8, 4) is 44.5 Å². The quantitative estimate of drug-likeness (QED) is 0.0593. The average molecular weight is 1190 g/mol. The molecular formula is C68H82N4Sn2. The second kappa shape index (κ2) is 25.7. The number of hydrogen-bond acceptors (Lipinski definition) is 2. The molecule has 0 spiro atoms. The summed E-state index contributed by atoms with van der Waals surface area (Å²) in [5.41, 5.74) is 17.1. The topological polar surface area (TPSA) is 57.4 Å². The van der Waals surface area contributed by atoms with E-state index in [9.17, 15) is 0 Å². The molecule has 7 aromatic rings. The number of aromatic amines is 2. The SMILES string of the molecule is CCC[CH2][Sn]([CH2]CCC)([CH2]CCC)[c]1ccc(-c2c3nc(c(-c4ccccc4)c4ccc([nH]4)c(-c4cc[c]([Sn]([CH2]CCC)([CH2]CCC)[CH2]CCC)cc4)c4nc(c(-c5ccccc5)c5ccc2[nH]5)C=C4)C=C3)cc1.